The van der Waals surface area contributed by atoms with E-state index in [9.17, 15) is 0 Å². The highest BCUT2D eigenvalue weighted by Gasteiger charge is 2.22. The van der Waals surface area contributed by atoms with E-state index in [1.54, 1.807) is 11.3 Å². The summed E-state index contributed by atoms with van der Waals surface area (Å²) in [7, 11) is 0. The number of rotatable bonds is 7. The van der Waals surface area contributed by atoms with E-state index < -0.39 is 0 Å². The Morgan fingerprint density at radius 3 is 2.92 bits per heavy atom. The molecule has 0 aliphatic carbocycles. The van der Waals surface area contributed by atoms with E-state index in [1.807, 2.05) is 12.1 Å². The number of fused-ring (bicyclic) bond motifs is 2. The van der Waals surface area contributed by atoms with Crippen LogP contribution in [0.5, 0.6) is 0 Å². The maximum atomic E-state index is 9.06. The summed E-state index contributed by atoms with van der Waals surface area (Å²) in [6.45, 7) is 9.27. The number of aliphatic imine (C=N–C) groups is 1. The summed E-state index contributed by atoms with van der Waals surface area (Å²) in [6.07, 6.45) is 0.776. The van der Waals surface area contributed by atoms with Crippen molar-refractivity contribution in [2.75, 3.05) is 31.6 Å². The summed E-state index contributed by atoms with van der Waals surface area (Å²) < 4.78 is 0. The molecule has 0 saturated heterocycles. The van der Waals surface area contributed by atoms with Crippen LogP contribution in [0.4, 0.5) is 16.4 Å². The second-order valence-electron chi connectivity index (χ2n) is 6.62. The Bertz CT molecular complexity index is 771. The molecule has 0 radical (unpaired) electrons. The molecule has 26 heavy (non-hydrogen) atoms. The third-order valence-electron chi connectivity index (χ3n) is 4.59. The van der Waals surface area contributed by atoms with E-state index >= 15 is 0 Å². The molecule has 0 spiro atoms. The highest BCUT2D eigenvalue weighted by Crippen LogP contribution is 2.38. The largest absolute Gasteiger partial charge is 0.396 e. The zero-order valence-corrected chi connectivity index (χ0v) is 16.6. The lowest BCUT2D eigenvalue weighted by Gasteiger charge is -2.25. The van der Waals surface area contributed by atoms with Crippen molar-refractivity contribution >= 4 is 33.5 Å². The van der Waals surface area contributed by atoms with Gasteiger partial charge < -0.3 is 20.6 Å². The van der Waals surface area contributed by atoms with Crippen LogP contribution in [0.15, 0.2) is 35.3 Å². The normalized spacial score (nSPS) is 13.9. The van der Waals surface area contributed by atoms with Gasteiger partial charge in [-0.2, -0.15) is 0 Å². The molecule has 1 unspecified atom stereocenters. The van der Waals surface area contributed by atoms with Gasteiger partial charge in [0.05, 0.1) is 16.9 Å². The number of aliphatic hydroxyl groups is 1. The van der Waals surface area contributed by atoms with Crippen LogP contribution < -0.4 is 10.6 Å². The van der Waals surface area contributed by atoms with Gasteiger partial charge in [-0.25, -0.2) is 4.99 Å². The summed E-state index contributed by atoms with van der Waals surface area (Å²) in [5.41, 5.74) is 3.20. The quantitative estimate of drug-likeness (QED) is 0.690. The van der Waals surface area contributed by atoms with Crippen molar-refractivity contribution < 1.29 is 5.11 Å². The summed E-state index contributed by atoms with van der Waals surface area (Å²) in [5, 5.41) is 17.3. The number of para-hydroxylation sites is 2. The molecule has 1 atom stereocenters. The van der Waals surface area contributed by atoms with Gasteiger partial charge in [-0.3, -0.25) is 0 Å². The molecule has 2 aromatic rings. The monoisotopic (exact) mass is 372 g/mol. The Kier molecular flexibility index (Phi) is 6.29. The van der Waals surface area contributed by atoms with Crippen molar-refractivity contribution in [3.63, 3.8) is 0 Å². The van der Waals surface area contributed by atoms with E-state index in [2.05, 4.69) is 54.5 Å². The summed E-state index contributed by atoms with van der Waals surface area (Å²) in [6, 6.07) is 10.7. The van der Waals surface area contributed by atoms with Gasteiger partial charge in [-0.1, -0.05) is 12.1 Å². The van der Waals surface area contributed by atoms with Crippen molar-refractivity contribution in [2.45, 2.75) is 33.2 Å². The van der Waals surface area contributed by atoms with E-state index in [4.69, 9.17) is 10.1 Å². The highest BCUT2D eigenvalue weighted by molar-refractivity contribution is 7.16. The maximum absolute atomic E-state index is 9.06. The molecule has 3 N–H and O–H groups in total. The number of nitrogens with zero attached hydrogens (tertiary/aromatic N) is 2. The van der Waals surface area contributed by atoms with E-state index in [1.165, 1.54) is 10.4 Å². The van der Waals surface area contributed by atoms with Gasteiger partial charge in [-0.15, -0.1) is 11.3 Å². The molecule has 0 fully saturated rings. The van der Waals surface area contributed by atoms with Gasteiger partial charge >= 0.3 is 0 Å². The standard InChI is InChI=1S/C20H28N4OS/c1-4-24(11-10-21-14(2)9-12-25)19-16-13-15(3)26-20(16)23-18-8-6-5-7-17(18)22-19/h5-8,13-14,21,23,25H,4,9-12H2,1-3H3. The highest BCUT2D eigenvalue weighted by atomic mass is 32.1. The van der Waals surface area contributed by atoms with Crippen LogP contribution >= 0.6 is 11.3 Å². The molecule has 140 valence electrons. The first kappa shape index (κ1) is 18.9. The molecule has 2 heterocycles. The molecule has 5 nitrogen and oxygen atoms in total. The number of amidine groups is 1. The minimum Gasteiger partial charge on any atom is -0.396 e. The van der Waals surface area contributed by atoms with E-state index in [-0.39, 0.29) is 6.61 Å². The minimum atomic E-state index is 0.221. The van der Waals surface area contributed by atoms with Gasteiger partial charge in [0.2, 0.25) is 0 Å². The first-order valence-electron chi connectivity index (χ1n) is 9.27. The molecule has 1 aromatic heterocycles. The average molecular weight is 373 g/mol. The molecule has 3 rings (SSSR count). The fraction of sp³-hybridized carbons (Fsp3) is 0.450. The van der Waals surface area contributed by atoms with Crippen LogP contribution in [-0.4, -0.2) is 48.1 Å². The number of nitrogens with one attached hydrogen (secondary N) is 2. The minimum absolute atomic E-state index is 0.221. The average Bonchev–Trinajstić information content (AvgIpc) is 2.91. The number of hydrogen-bond donors (Lipinski definition) is 3. The van der Waals surface area contributed by atoms with E-state index in [0.717, 1.165) is 48.3 Å². The van der Waals surface area contributed by atoms with Gasteiger partial charge in [0.15, 0.2) is 0 Å². The summed E-state index contributed by atoms with van der Waals surface area (Å²) >= 11 is 1.77. The Labute approximate surface area is 159 Å². The smallest absolute Gasteiger partial charge is 0.139 e. The molecule has 0 amide bonds. The third-order valence-corrected chi connectivity index (χ3v) is 5.56. The Morgan fingerprint density at radius 1 is 1.35 bits per heavy atom. The van der Waals surface area contributed by atoms with Crippen molar-refractivity contribution in [3.05, 3.63) is 40.8 Å². The van der Waals surface area contributed by atoms with Crippen LogP contribution in [0.25, 0.3) is 0 Å². The molecule has 1 aliphatic heterocycles. The number of aryl methyl sites for hydroxylation is 1. The molecule has 0 saturated carbocycles. The van der Waals surface area contributed by atoms with Crippen molar-refractivity contribution in [1.29, 1.82) is 0 Å². The van der Waals surface area contributed by atoms with Crippen LogP contribution in [0.3, 0.4) is 0 Å². The molecule has 1 aliphatic rings. The Hall–Kier alpha value is -1.89. The molecule has 1 aromatic carbocycles. The Morgan fingerprint density at radius 2 is 2.15 bits per heavy atom. The maximum Gasteiger partial charge on any atom is 0.139 e. The first-order chi connectivity index (χ1) is 12.6. The number of likely N-dealkylation sites (N-methyl/N-ethyl adjacent to an activating group) is 1. The zero-order valence-electron chi connectivity index (χ0n) is 15.7. The Balaban J connectivity index is 1.86. The lowest BCUT2D eigenvalue weighted by Crippen LogP contribution is -2.39. The van der Waals surface area contributed by atoms with Gasteiger partial charge in [0.1, 0.15) is 10.8 Å². The zero-order chi connectivity index (χ0) is 18.5. The fourth-order valence-corrected chi connectivity index (χ4v) is 4.06. The lowest BCUT2D eigenvalue weighted by molar-refractivity contribution is 0.267. The molecule has 6 heteroatoms. The van der Waals surface area contributed by atoms with Crippen LogP contribution in [0.2, 0.25) is 0 Å². The fourth-order valence-electron chi connectivity index (χ4n) is 3.14. The first-order valence-corrected chi connectivity index (χ1v) is 10.1. The second-order valence-corrected chi connectivity index (χ2v) is 7.88. The lowest BCUT2D eigenvalue weighted by atomic mass is 10.2. The van der Waals surface area contributed by atoms with Gasteiger partial charge in [0.25, 0.3) is 0 Å². The predicted octanol–water partition coefficient (Wildman–Crippen LogP) is 3.87. The number of aliphatic hydroxyl groups excluding tert-OH is 1. The number of anilines is 2. The topological polar surface area (TPSA) is 59.9 Å². The van der Waals surface area contributed by atoms with Crippen molar-refractivity contribution in [1.82, 2.24) is 10.2 Å². The number of thiophene rings is 1. The van der Waals surface area contributed by atoms with Crippen LogP contribution in [-0.2, 0) is 0 Å². The SMILES string of the molecule is CCN(CCNC(C)CCO)C1=Nc2ccccc2Nc2sc(C)cc21. The van der Waals surface area contributed by atoms with Crippen molar-refractivity contribution in [2.24, 2.45) is 4.99 Å². The van der Waals surface area contributed by atoms with E-state index in [0.29, 0.717) is 6.04 Å². The number of hydrogen-bond acceptors (Lipinski definition) is 6. The summed E-state index contributed by atoms with van der Waals surface area (Å²) in [4.78, 5) is 8.62. The predicted molar refractivity (Wildman–Crippen MR) is 111 cm³/mol. The summed E-state index contributed by atoms with van der Waals surface area (Å²) in [5.74, 6) is 1.03. The van der Waals surface area contributed by atoms with Gasteiger partial charge in [0, 0.05) is 37.2 Å². The third kappa shape index (κ3) is 4.26. The van der Waals surface area contributed by atoms with Crippen LogP contribution in [0, 0.1) is 6.92 Å². The van der Waals surface area contributed by atoms with Gasteiger partial charge in [-0.05, 0) is 45.4 Å². The molecular formula is C20H28N4OS. The van der Waals surface area contributed by atoms with Crippen molar-refractivity contribution in [3.8, 4) is 0 Å². The molecule has 0 bridgehead atoms. The number of benzene rings is 1. The second kappa shape index (κ2) is 8.66. The molecular weight excluding hydrogens is 344 g/mol. The van der Waals surface area contributed by atoms with Crippen LogP contribution in [0.1, 0.15) is 30.7 Å².